The lowest BCUT2D eigenvalue weighted by Crippen LogP contribution is -2.25. The summed E-state index contributed by atoms with van der Waals surface area (Å²) in [5.74, 6) is 0. The van der Waals surface area contributed by atoms with Crippen molar-refractivity contribution in [2.45, 2.75) is 0 Å². The lowest BCUT2D eigenvalue weighted by atomic mass is 10.1. The zero-order valence-electron chi connectivity index (χ0n) is 11.7. The Labute approximate surface area is 121 Å². The van der Waals surface area contributed by atoms with Crippen molar-refractivity contribution < 1.29 is 13.3 Å². The molecule has 0 saturated heterocycles. The van der Waals surface area contributed by atoms with Crippen LogP contribution in [0, 0.1) is 10.1 Å². The van der Waals surface area contributed by atoms with Gasteiger partial charge >= 0.3 is 0 Å². The fourth-order valence-electron chi connectivity index (χ4n) is 1.86. The SMILES string of the molecule is CN(c1cc(-c2cnn(C)c2)ccc1[N+](=O)[O-])S(C)(=O)=O. The third kappa shape index (κ3) is 3.02. The van der Waals surface area contributed by atoms with Gasteiger partial charge in [-0.05, 0) is 17.7 Å². The standard InChI is InChI=1S/C12H14N4O4S/c1-14-8-10(7-13-14)9-4-5-11(16(17)18)12(6-9)15(2)21(3,19)20/h4-8H,1-3H3. The maximum Gasteiger partial charge on any atom is 0.293 e. The Bertz CT molecular complexity index is 797. The van der Waals surface area contributed by atoms with Crippen LogP contribution in [0.2, 0.25) is 0 Å². The zero-order valence-corrected chi connectivity index (χ0v) is 12.5. The highest BCUT2D eigenvalue weighted by Crippen LogP contribution is 2.33. The number of benzene rings is 1. The number of anilines is 1. The van der Waals surface area contributed by atoms with E-state index in [0.29, 0.717) is 5.56 Å². The van der Waals surface area contributed by atoms with Crippen molar-refractivity contribution in [3.8, 4) is 11.1 Å². The van der Waals surface area contributed by atoms with Crippen LogP contribution < -0.4 is 4.31 Å². The maximum absolute atomic E-state index is 11.6. The molecule has 9 heteroatoms. The van der Waals surface area contributed by atoms with Crippen LogP contribution >= 0.6 is 0 Å². The normalized spacial score (nSPS) is 11.4. The fourth-order valence-corrected chi connectivity index (χ4v) is 2.36. The monoisotopic (exact) mass is 310 g/mol. The molecule has 0 atom stereocenters. The fraction of sp³-hybridized carbons (Fsp3) is 0.250. The molecule has 0 N–H and O–H groups in total. The summed E-state index contributed by atoms with van der Waals surface area (Å²) in [6.45, 7) is 0. The average molecular weight is 310 g/mol. The molecule has 0 radical (unpaired) electrons. The molecular formula is C12H14N4O4S. The first kappa shape index (κ1) is 15.0. The molecule has 1 aromatic carbocycles. The molecule has 0 fully saturated rings. The minimum atomic E-state index is -3.60. The predicted octanol–water partition coefficient (Wildman–Crippen LogP) is 1.39. The Morgan fingerprint density at radius 2 is 2.00 bits per heavy atom. The van der Waals surface area contributed by atoms with E-state index in [1.807, 2.05) is 0 Å². The minimum absolute atomic E-state index is 0.0175. The number of aromatic nitrogens is 2. The van der Waals surface area contributed by atoms with Gasteiger partial charge in [0, 0.05) is 31.9 Å². The second-order valence-corrected chi connectivity index (χ2v) is 6.61. The molecule has 2 aromatic rings. The quantitative estimate of drug-likeness (QED) is 0.627. The minimum Gasteiger partial charge on any atom is -0.275 e. The first-order valence-corrected chi connectivity index (χ1v) is 7.76. The van der Waals surface area contributed by atoms with Gasteiger partial charge in [0.2, 0.25) is 10.0 Å². The lowest BCUT2D eigenvalue weighted by Gasteiger charge is -2.17. The van der Waals surface area contributed by atoms with E-state index in [-0.39, 0.29) is 11.4 Å². The molecule has 112 valence electrons. The van der Waals surface area contributed by atoms with Crippen LogP contribution in [0.4, 0.5) is 11.4 Å². The van der Waals surface area contributed by atoms with Gasteiger partial charge in [0.25, 0.3) is 5.69 Å². The number of nitro groups is 1. The van der Waals surface area contributed by atoms with Crippen LogP contribution in [0.25, 0.3) is 11.1 Å². The number of hydrogen-bond acceptors (Lipinski definition) is 5. The van der Waals surface area contributed by atoms with Crippen molar-refractivity contribution in [3.63, 3.8) is 0 Å². The van der Waals surface area contributed by atoms with Crippen LogP contribution in [0.5, 0.6) is 0 Å². The number of nitrogens with zero attached hydrogens (tertiary/aromatic N) is 4. The Balaban J connectivity index is 2.62. The summed E-state index contributed by atoms with van der Waals surface area (Å²) in [5, 5.41) is 15.1. The highest BCUT2D eigenvalue weighted by atomic mass is 32.2. The predicted molar refractivity (Wildman–Crippen MR) is 78.5 cm³/mol. The second-order valence-electron chi connectivity index (χ2n) is 4.59. The molecule has 2 rings (SSSR count). The van der Waals surface area contributed by atoms with Crippen LogP contribution in [0.15, 0.2) is 30.6 Å². The molecular weight excluding hydrogens is 296 g/mol. The van der Waals surface area contributed by atoms with E-state index in [0.717, 1.165) is 16.1 Å². The highest BCUT2D eigenvalue weighted by molar-refractivity contribution is 7.92. The van der Waals surface area contributed by atoms with Crippen LogP contribution in [0.1, 0.15) is 0 Å². The number of aryl methyl sites for hydroxylation is 1. The number of rotatable bonds is 4. The Morgan fingerprint density at radius 3 is 2.48 bits per heavy atom. The van der Waals surface area contributed by atoms with Crippen molar-refractivity contribution in [1.29, 1.82) is 0 Å². The molecule has 1 heterocycles. The van der Waals surface area contributed by atoms with Gasteiger partial charge in [0.05, 0.1) is 17.4 Å². The van der Waals surface area contributed by atoms with E-state index >= 15 is 0 Å². The average Bonchev–Trinajstić information content (AvgIpc) is 2.82. The topological polar surface area (TPSA) is 98.3 Å². The summed E-state index contributed by atoms with van der Waals surface area (Å²) >= 11 is 0. The number of sulfonamides is 1. The molecule has 0 unspecified atom stereocenters. The molecule has 0 aliphatic heterocycles. The third-order valence-corrected chi connectivity index (χ3v) is 4.24. The molecule has 21 heavy (non-hydrogen) atoms. The molecule has 0 amide bonds. The third-order valence-electron chi connectivity index (χ3n) is 3.05. The van der Waals surface area contributed by atoms with Crippen molar-refractivity contribution in [1.82, 2.24) is 9.78 Å². The summed E-state index contributed by atoms with van der Waals surface area (Å²) in [6, 6.07) is 4.32. The van der Waals surface area contributed by atoms with Gasteiger partial charge < -0.3 is 0 Å². The van der Waals surface area contributed by atoms with E-state index in [2.05, 4.69) is 5.10 Å². The van der Waals surface area contributed by atoms with Crippen molar-refractivity contribution >= 4 is 21.4 Å². The number of nitro benzene ring substituents is 1. The highest BCUT2D eigenvalue weighted by Gasteiger charge is 2.23. The summed E-state index contributed by atoms with van der Waals surface area (Å²) in [7, 11) is -0.567. The van der Waals surface area contributed by atoms with Crippen LogP contribution in [-0.4, -0.2) is 36.4 Å². The van der Waals surface area contributed by atoms with Crippen LogP contribution in [0.3, 0.4) is 0 Å². The summed E-state index contributed by atoms with van der Waals surface area (Å²) in [6.07, 6.45) is 4.34. The first-order valence-electron chi connectivity index (χ1n) is 5.91. The Hall–Kier alpha value is -2.42. The van der Waals surface area contributed by atoms with E-state index in [1.54, 1.807) is 30.2 Å². The molecule has 0 bridgehead atoms. The van der Waals surface area contributed by atoms with E-state index in [1.165, 1.54) is 19.2 Å². The van der Waals surface area contributed by atoms with Crippen molar-refractivity contribution in [3.05, 3.63) is 40.7 Å². The smallest absolute Gasteiger partial charge is 0.275 e. The summed E-state index contributed by atoms with van der Waals surface area (Å²) in [5.41, 5.74) is 1.15. The van der Waals surface area contributed by atoms with E-state index < -0.39 is 14.9 Å². The van der Waals surface area contributed by atoms with Gasteiger partial charge in [-0.15, -0.1) is 0 Å². The maximum atomic E-state index is 11.6. The Morgan fingerprint density at radius 1 is 1.33 bits per heavy atom. The summed E-state index contributed by atoms with van der Waals surface area (Å²) < 4.78 is 25.8. The van der Waals surface area contributed by atoms with Gasteiger partial charge in [-0.25, -0.2) is 8.42 Å². The lowest BCUT2D eigenvalue weighted by molar-refractivity contribution is -0.384. The molecule has 0 spiro atoms. The first-order chi connectivity index (χ1) is 9.70. The van der Waals surface area contributed by atoms with Gasteiger partial charge in [0.15, 0.2) is 0 Å². The molecule has 1 aromatic heterocycles. The van der Waals surface area contributed by atoms with Gasteiger partial charge in [0.1, 0.15) is 5.69 Å². The van der Waals surface area contributed by atoms with Gasteiger partial charge in [-0.3, -0.25) is 19.1 Å². The van der Waals surface area contributed by atoms with Crippen molar-refractivity contribution in [2.75, 3.05) is 17.6 Å². The van der Waals surface area contributed by atoms with E-state index in [9.17, 15) is 18.5 Å². The van der Waals surface area contributed by atoms with E-state index in [4.69, 9.17) is 0 Å². The molecule has 0 aliphatic rings. The summed E-state index contributed by atoms with van der Waals surface area (Å²) in [4.78, 5) is 10.5. The van der Waals surface area contributed by atoms with Crippen molar-refractivity contribution in [2.24, 2.45) is 7.05 Å². The molecule has 8 nitrogen and oxygen atoms in total. The van der Waals surface area contributed by atoms with Crippen LogP contribution in [-0.2, 0) is 17.1 Å². The zero-order chi connectivity index (χ0) is 15.8. The number of hydrogen-bond donors (Lipinski definition) is 0. The molecule has 0 saturated carbocycles. The Kier molecular flexibility index (Phi) is 3.69. The molecule has 0 aliphatic carbocycles. The largest absolute Gasteiger partial charge is 0.293 e. The second kappa shape index (κ2) is 5.17. The van der Waals surface area contributed by atoms with Gasteiger partial charge in [-0.1, -0.05) is 0 Å². The van der Waals surface area contributed by atoms with Gasteiger partial charge in [-0.2, -0.15) is 5.10 Å².